The Balaban J connectivity index is 2.27. The summed E-state index contributed by atoms with van der Waals surface area (Å²) < 4.78 is 1.47. The maximum absolute atomic E-state index is 12.3. The number of carboxylic acid groups (broad SMARTS) is 1. The van der Waals surface area contributed by atoms with Crippen LogP contribution in [-0.2, 0) is 7.05 Å². The Morgan fingerprint density at radius 2 is 1.57 bits per heavy atom. The van der Waals surface area contributed by atoms with Crippen LogP contribution in [0.15, 0.2) is 71.5 Å². The summed E-state index contributed by atoms with van der Waals surface area (Å²) in [7, 11) is 1.64. The number of pyridine rings is 1. The molecular weight excluding hydrogens is 290 g/mol. The molecule has 0 aliphatic carbocycles. The van der Waals surface area contributed by atoms with Crippen molar-refractivity contribution in [1.82, 2.24) is 4.57 Å². The molecule has 0 unspecified atom stereocenters. The zero-order chi connectivity index (χ0) is 16.4. The maximum atomic E-state index is 12.3. The van der Waals surface area contributed by atoms with Gasteiger partial charge in [0.15, 0.2) is 0 Å². The van der Waals surface area contributed by atoms with Gasteiger partial charge in [0.25, 0.3) is 5.56 Å². The third kappa shape index (κ3) is 2.79. The Bertz CT molecular complexity index is 927. The first kappa shape index (κ1) is 14.8. The summed E-state index contributed by atoms with van der Waals surface area (Å²) in [5.41, 5.74) is 2.78. The summed E-state index contributed by atoms with van der Waals surface area (Å²) in [6.45, 7) is 0. The van der Waals surface area contributed by atoms with Crippen LogP contribution in [-0.4, -0.2) is 15.6 Å². The maximum Gasteiger partial charge on any atom is 0.336 e. The number of benzene rings is 2. The van der Waals surface area contributed by atoms with E-state index in [0.717, 1.165) is 11.1 Å². The van der Waals surface area contributed by atoms with E-state index in [-0.39, 0.29) is 11.1 Å². The lowest BCUT2D eigenvalue weighted by atomic mass is 10.00. The summed E-state index contributed by atoms with van der Waals surface area (Å²) in [4.78, 5) is 23.8. The SMILES string of the molecule is Cn1c(-c2ccccc2C(=O)O)cc(-c2ccccc2)cc1=O. The quantitative estimate of drug-likeness (QED) is 0.806. The van der Waals surface area contributed by atoms with Gasteiger partial charge in [-0.25, -0.2) is 4.79 Å². The molecule has 0 saturated heterocycles. The van der Waals surface area contributed by atoms with Crippen molar-refractivity contribution in [2.24, 2.45) is 7.05 Å². The molecule has 0 amide bonds. The smallest absolute Gasteiger partial charge is 0.336 e. The van der Waals surface area contributed by atoms with Gasteiger partial charge in [-0.2, -0.15) is 0 Å². The fourth-order valence-electron chi connectivity index (χ4n) is 2.58. The average Bonchev–Trinajstić information content (AvgIpc) is 2.58. The van der Waals surface area contributed by atoms with Crippen molar-refractivity contribution in [3.05, 3.63) is 82.6 Å². The zero-order valence-electron chi connectivity index (χ0n) is 12.6. The summed E-state index contributed by atoms with van der Waals surface area (Å²) in [5.74, 6) is -1.02. The van der Waals surface area contributed by atoms with Crippen molar-refractivity contribution in [2.75, 3.05) is 0 Å². The molecule has 0 atom stereocenters. The molecule has 23 heavy (non-hydrogen) atoms. The standard InChI is InChI=1S/C19H15NO3/c1-20-17(15-9-5-6-10-16(15)19(22)23)11-14(12-18(20)21)13-7-3-2-4-8-13/h2-12H,1H3,(H,22,23). The highest BCUT2D eigenvalue weighted by Gasteiger charge is 2.14. The molecule has 0 spiro atoms. The number of carbonyl (C=O) groups is 1. The van der Waals surface area contributed by atoms with Crippen molar-refractivity contribution < 1.29 is 9.90 Å². The van der Waals surface area contributed by atoms with Crippen LogP contribution < -0.4 is 5.56 Å². The fraction of sp³-hybridized carbons (Fsp3) is 0.0526. The third-order valence-electron chi connectivity index (χ3n) is 3.80. The van der Waals surface area contributed by atoms with E-state index in [0.29, 0.717) is 11.3 Å². The van der Waals surface area contributed by atoms with Crippen molar-refractivity contribution in [3.63, 3.8) is 0 Å². The molecule has 0 aliphatic rings. The van der Waals surface area contributed by atoms with Crippen LogP contribution in [0.2, 0.25) is 0 Å². The molecule has 3 rings (SSSR count). The van der Waals surface area contributed by atoms with Crippen LogP contribution in [0.1, 0.15) is 10.4 Å². The van der Waals surface area contributed by atoms with Crippen molar-refractivity contribution >= 4 is 5.97 Å². The first-order valence-electron chi connectivity index (χ1n) is 7.17. The molecule has 4 nitrogen and oxygen atoms in total. The summed E-state index contributed by atoms with van der Waals surface area (Å²) in [5, 5.41) is 9.39. The predicted molar refractivity (Wildman–Crippen MR) is 89.5 cm³/mol. The Morgan fingerprint density at radius 1 is 0.913 bits per heavy atom. The van der Waals surface area contributed by atoms with Crippen LogP contribution >= 0.6 is 0 Å². The van der Waals surface area contributed by atoms with Crippen LogP contribution in [0.25, 0.3) is 22.4 Å². The Hall–Kier alpha value is -3.14. The lowest BCUT2D eigenvalue weighted by molar-refractivity contribution is 0.0697. The van der Waals surface area contributed by atoms with Gasteiger partial charge in [-0.1, -0.05) is 48.5 Å². The largest absolute Gasteiger partial charge is 0.478 e. The van der Waals surface area contributed by atoms with Gasteiger partial charge in [0.2, 0.25) is 0 Å². The van der Waals surface area contributed by atoms with Gasteiger partial charge in [0.05, 0.1) is 11.3 Å². The number of hydrogen-bond acceptors (Lipinski definition) is 2. The van der Waals surface area contributed by atoms with E-state index in [4.69, 9.17) is 0 Å². The van der Waals surface area contributed by atoms with Crippen molar-refractivity contribution in [2.45, 2.75) is 0 Å². The van der Waals surface area contributed by atoms with Gasteiger partial charge >= 0.3 is 5.97 Å². The zero-order valence-corrected chi connectivity index (χ0v) is 12.6. The molecule has 114 valence electrons. The third-order valence-corrected chi connectivity index (χ3v) is 3.80. The number of carboxylic acids is 1. The number of aromatic carboxylic acids is 1. The molecule has 0 radical (unpaired) electrons. The minimum absolute atomic E-state index is 0.174. The minimum Gasteiger partial charge on any atom is -0.478 e. The number of aromatic nitrogens is 1. The molecular formula is C19H15NO3. The molecule has 2 aromatic carbocycles. The fourth-order valence-corrected chi connectivity index (χ4v) is 2.58. The average molecular weight is 305 g/mol. The van der Waals surface area contributed by atoms with Crippen molar-refractivity contribution in [1.29, 1.82) is 0 Å². The van der Waals surface area contributed by atoms with Gasteiger partial charge in [-0.3, -0.25) is 4.79 Å². The lowest BCUT2D eigenvalue weighted by Crippen LogP contribution is -2.18. The summed E-state index contributed by atoms with van der Waals surface area (Å²) in [6.07, 6.45) is 0. The van der Waals surface area contributed by atoms with E-state index in [1.807, 2.05) is 36.4 Å². The molecule has 0 fully saturated rings. The topological polar surface area (TPSA) is 59.3 Å². The number of nitrogens with zero attached hydrogens (tertiary/aromatic N) is 1. The van der Waals surface area contributed by atoms with E-state index in [1.54, 1.807) is 31.3 Å². The van der Waals surface area contributed by atoms with Gasteiger partial charge in [-0.05, 0) is 23.3 Å². The van der Waals surface area contributed by atoms with E-state index < -0.39 is 5.97 Å². The molecule has 1 N–H and O–H groups in total. The van der Waals surface area contributed by atoms with E-state index in [9.17, 15) is 14.7 Å². The predicted octanol–water partition coefficient (Wildman–Crippen LogP) is 3.42. The first-order chi connectivity index (χ1) is 11.1. The molecule has 3 aromatic rings. The van der Waals surface area contributed by atoms with Gasteiger partial charge in [-0.15, -0.1) is 0 Å². The van der Waals surface area contributed by atoms with Crippen LogP contribution in [0, 0.1) is 0 Å². The van der Waals surface area contributed by atoms with Gasteiger partial charge in [0.1, 0.15) is 0 Å². The number of hydrogen-bond donors (Lipinski definition) is 1. The highest BCUT2D eigenvalue weighted by atomic mass is 16.4. The minimum atomic E-state index is -1.02. The summed E-state index contributed by atoms with van der Waals surface area (Å²) >= 11 is 0. The second-order valence-electron chi connectivity index (χ2n) is 5.24. The van der Waals surface area contributed by atoms with Gasteiger partial charge in [0, 0.05) is 18.7 Å². The molecule has 4 heteroatoms. The van der Waals surface area contributed by atoms with Crippen LogP contribution in [0.4, 0.5) is 0 Å². The Kier molecular flexibility index (Phi) is 3.81. The Morgan fingerprint density at radius 3 is 2.26 bits per heavy atom. The van der Waals surface area contributed by atoms with Crippen LogP contribution in [0.5, 0.6) is 0 Å². The van der Waals surface area contributed by atoms with Crippen molar-refractivity contribution in [3.8, 4) is 22.4 Å². The molecule has 0 saturated carbocycles. The molecule has 0 aliphatic heterocycles. The van der Waals surface area contributed by atoms with Crippen LogP contribution in [0.3, 0.4) is 0 Å². The second-order valence-corrected chi connectivity index (χ2v) is 5.24. The lowest BCUT2D eigenvalue weighted by Gasteiger charge is -2.13. The first-order valence-corrected chi connectivity index (χ1v) is 7.17. The molecule has 1 aromatic heterocycles. The van der Waals surface area contributed by atoms with E-state index >= 15 is 0 Å². The van der Waals surface area contributed by atoms with Gasteiger partial charge < -0.3 is 9.67 Å². The monoisotopic (exact) mass is 305 g/mol. The highest BCUT2D eigenvalue weighted by Crippen LogP contribution is 2.27. The molecule has 1 heterocycles. The summed E-state index contributed by atoms with van der Waals surface area (Å²) in [6, 6.07) is 19.6. The highest BCUT2D eigenvalue weighted by molar-refractivity contribution is 5.95. The number of rotatable bonds is 3. The normalized spacial score (nSPS) is 10.5. The second kappa shape index (κ2) is 5.93. The van der Waals surface area contributed by atoms with E-state index in [2.05, 4.69) is 0 Å². The molecule has 0 bridgehead atoms. The Labute approximate surface area is 133 Å². The van der Waals surface area contributed by atoms with E-state index in [1.165, 1.54) is 10.6 Å².